The summed E-state index contributed by atoms with van der Waals surface area (Å²) in [4.78, 5) is 16.5. The highest BCUT2D eigenvalue weighted by Crippen LogP contribution is 2.37. The number of ether oxygens (including phenoxy) is 3. The SMILES string of the molecule is CCOc1c(Cl)cc(C=C2N=C(c3cccc(C)c3)OC2=O)cc1OC. The summed E-state index contributed by atoms with van der Waals surface area (Å²) in [6, 6.07) is 11.0. The lowest BCUT2D eigenvalue weighted by Gasteiger charge is -2.11. The standard InChI is InChI=1S/C20H18ClNO4/c1-4-25-18-15(21)9-13(11-17(18)24-3)10-16-20(23)26-19(22-16)14-7-5-6-12(2)8-14/h5-11H,4H2,1-3H3. The summed E-state index contributed by atoms with van der Waals surface area (Å²) in [7, 11) is 1.53. The van der Waals surface area contributed by atoms with Crippen molar-refractivity contribution in [1.29, 1.82) is 0 Å². The van der Waals surface area contributed by atoms with Crippen LogP contribution in [0.4, 0.5) is 0 Å². The number of benzene rings is 2. The second-order valence-corrected chi connectivity index (χ2v) is 6.08. The van der Waals surface area contributed by atoms with Crippen LogP contribution in [0.2, 0.25) is 5.02 Å². The van der Waals surface area contributed by atoms with Gasteiger partial charge in [-0.3, -0.25) is 0 Å². The third-order valence-electron chi connectivity index (χ3n) is 3.73. The van der Waals surface area contributed by atoms with Crippen molar-refractivity contribution >= 4 is 29.5 Å². The molecule has 1 heterocycles. The molecular weight excluding hydrogens is 354 g/mol. The lowest BCUT2D eigenvalue weighted by atomic mass is 10.1. The lowest BCUT2D eigenvalue weighted by molar-refractivity contribution is -0.129. The van der Waals surface area contributed by atoms with Gasteiger partial charge in [0.15, 0.2) is 17.2 Å². The van der Waals surface area contributed by atoms with Crippen molar-refractivity contribution in [3.05, 3.63) is 63.8 Å². The summed E-state index contributed by atoms with van der Waals surface area (Å²) in [6.07, 6.45) is 1.61. The topological polar surface area (TPSA) is 57.1 Å². The van der Waals surface area contributed by atoms with E-state index in [1.807, 2.05) is 38.1 Å². The first kappa shape index (κ1) is 18.0. The molecule has 2 aromatic rings. The number of hydrogen-bond donors (Lipinski definition) is 0. The number of aryl methyl sites for hydroxylation is 1. The molecule has 0 saturated carbocycles. The molecule has 2 aromatic carbocycles. The van der Waals surface area contributed by atoms with Crippen LogP contribution in [0.25, 0.3) is 6.08 Å². The van der Waals surface area contributed by atoms with Crippen LogP contribution in [0.5, 0.6) is 11.5 Å². The zero-order valence-corrected chi connectivity index (χ0v) is 15.5. The van der Waals surface area contributed by atoms with E-state index in [1.165, 1.54) is 7.11 Å². The Morgan fingerprint density at radius 3 is 2.77 bits per heavy atom. The van der Waals surface area contributed by atoms with Crippen molar-refractivity contribution in [2.24, 2.45) is 4.99 Å². The predicted octanol–water partition coefficient (Wildman–Crippen LogP) is 4.40. The van der Waals surface area contributed by atoms with E-state index in [2.05, 4.69) is 4.99 Å². The minimum absolute atomic E-state index is 0.198. The van der Waals surface area contributed by atoms with Crippen LogP contribution >= 0.6 is 11.6 Å². The molecule has 3 rings (SSSR count). The number of hydrogen-bond acceptors (Lipinski definition) is 5. The maximum Gasteiger partial charge on any atom is 0.363 e. The number of nitrogens with zero attached hydrogens (tertiary/aromatic N) is 1. The monoisotopic (exact) mass is 371 g/mol. The molecule has 0 aliphatic carbocycles. The number of carbonyl (C=O) groups excluding carboxylic acids is 1. The van der Waals surface area contributed by atoms with Gasteiger partial charge >= 0.3 is 5.97 Å². The lowest BCUT2D eigenvalue weighted by Crippen LogP contribution is -2.05. The van der Waals surface area contributed by atoms with Crippen LogP contribution in [0.3, 0.4) is 0 Å². The smallest absolute Gasteiger partial charge is 0.363 e. The quantitative estimate of drug-likeness (QED) is 0.577. The first-order chi connectivity index (χ1) is 12.5. The van der Waals surface area contributed by atoms with Gasteiger partial charge in [-0.25, -0.2) is 9.79 Å². The fourth-order valence-corrected chi connectivity index (χ4v) is 2.85. The van der Waals surface area contributed by atoms with Crippen molar-refractivity contribution < 1.29 is 19.0 Å². The molecule has 1 aliphatic rings. The van der Waals surface area contributed by atoms with Crippen molar-refractivity contribution in [1.82, 2.24) is 0 Å². The van der Waals surface area contributed by atoms with Crippen LogP contribution in [-0.2, 0) is 9.53 Å². The minimum atomic E-state index is -0.509. The van der Waals surface area contributed by atoms with Gasteiger partial charge in [-0.15, -0.1) is 0 Å². The Morgan fingerprint density at radius 1 is 1.27 bits per heavy atom. The molecule has 0 N–H and O–H groups in total. The number of halogens is 1. The molecule has 0 bridgehead atoms. The largest absolute Gasteiger partial charge is 0.493 e. The number of carbonyl (C=O) groups is 1. The molecular formula is C20H18ClNO4. The third kappa shape index (κ3) is 3.73. The average Bonchev–Trinajstić information content (AvgIpc) is 2.98. The maximum absolute atomic E-state index is 12.2. The summed E-state index contributed by atoms with van der Waals surface area (Å²) in [5.74, 6) is 0.733. The number of aliphatic imine (C=N–C) groups is 1. The molecule has 0 amide bonds. The summed E-state index contributed by atoms with van der Waals surface area (Å²) in [5, 5.41) is 0.396. The van der Waals surface area contributed by atoms with Gasteiger partial charge in [0.2, 0.25) is 5.90 Å². The van der Waals surface area contributed by atoms with Gasteiger partial charge in [-0.2, -0.15) is 0 Å². The molecule has 0 saturated heterocycles. The minimum Gasteiger partial charge on any atom is -0.493 e. The zero-order valence-electron chi connectivity index (χ0n) is 14.7. The highest BCUT2D eigenvalue weighted by atomic mass is 35.5. The Hall–Kier alpha value is -2.79. The maximum atomic E-state index is 12.2. The predicted molar refractivity (Wildman–Crippen MR) is 101 cm³/mol. The molecule has 0 atom stereocenters. The van der Waals surface area contributed by atoms with E-state index in [0.717, 1.165) is 11.1 Å². The van der Waals surface area contributed by atoms with Crippen molar-refractivity contribution in [3.8, 4) is 11.5 Å². The van der Waals surface area contributed by atoms with Gasteiger partial charge in [0.1, 0.15) is 0 Å². The molecule has 0 radical (unpaired) electrons. The van der Waals surface area contributed by atoms with E-state index in [-0.39, 0.29) is 11.6 Å². The second-order valence-electron chi connectivity index (χ2n) is 5.67. The molecule has 0 fully saturated rings. The van der Waals surface area contributed by atoms with Gasteiger partial charge in [0, 0.05) is 5.56 Å². The first-order valence-corrected chi connectivity index (χ1v) is 8.49. The molecule has 5 nitrogen and oxygen atoms in total. The van der Waals surface area contributed by atoms with Crippen LogP contribution in [0.15, 0.2) is 47.1 Å². The Kier molecular flexibility index (Phi) is 5.28. The van der Waals surface area contributed by atoms with E-state index in [9.17, 15) is 4.79 Å². The summed E-state index contributed by atoms with van der Waals surface area (Å²) < 4.78 is 16.1. The Bertz CT molecular complexity index is 918. The van der Waals surface area contributed by atoms with E-state index in [4.69, 9.17) is 25.8 Å². The summed E-state index contributed by atoms with van der Waals surface area (Å²) in [5.41, 5.74) is 2.67. The van der Waals surface area contributed by atoms with Crippen molar-refractivity contribution in [3.63, 3.8) is 0 Å². The molecule has 0 spiro atoms. The van der Waals surface area contributed by atoms with Crippen LogP contribution < -0.4 is 9.47 Å². The van der Waals surface area contributed by atoms with Gasteiger partial charge in [-0.1, -0.05) is 29.3 Å². The normalized spacial score (nSPS) is 15.0. The Balaban J connectivity index is 1.97. The molecule has 6 heteroatoms. The fourth-order valence-electron chi connectivity index (χ4n) is 2.58. The highest BCUT2D eigenvalue weighted by molar-refractivity contribution is 6.32. The van der Waals surface area contributed by atoms with E-state index >= 15 is 0 Å². The molecule has 0 aromatic heterocycles. The van der Waals surface area contributed by atoms with Gasteiger partial charge < -0.3 is 14.2 Å². The first-order valence-electron chi connectivity index (χ1n) is 8.11. The summed E-state index contributed by atoms with van der Waals surface area (Å²) in [6.45, 7) is 4.29. The molecule has 26 heavy (non-hydrogen) atoms. The van der Waals surface area contributed by atoms with Crippen molar-refractivity contribution in [2.45, 2.75) is 13.8 Å². The second kappa shape index (κ2) is 7.62. The fraction of sp³-hybridized carbons (Fsp3) is 0.200. The van der Waals surface area contributed by atoms with E-state index < -0.39 is 5.97 Å². The number of cyclic esters (lactones) is 1. The van der Waals surface area contributed by atoms with Crippen LogP contribution in [0.1, 0.15) is 23.6 Å². The molecule has 1 aliphatic heterocycles. The number of rotatable bonds is 5. The Morgan fingerprint density at radius 2 is 2.08 bits per heavy atom. The van der Waals surface area contributed by atoms with E-state index in [0.29, 0.717) is 28.7 Å². The van der Waals surface area contributed by atoms with Gasteiger partial charge in [0.25, 0.3) is 0 Å². The third-order valence-corrected chi connectivity index (χ3v) is 4.01. The average molecular weight is 372 g/mol. The van der Waals surface area contributed by atoms with Gasteiger partial charge in [-0.05, 0) is 49.8 Å². The van der Waals surface area contributed by atoms with Gasteiger partial charge in [0.05, 0.1) is 18.7 Å². The number of esters is 1. The van der Waals surface area contributed by atoms with Crippen LogP contribution in [-0.4, -0.2) is 25.6 Å². The Labute approximate surface area is 156 Å². The zero-order chi connectivity index (χ0) is 18.7. The molecule has 134 valence electrons. The molecule has 0 unspecified atom stereocenters. The van der Waals surface area contributed by atoms with Crippen LogP contribution in [0, 0.1) is 6.92 Å². The van der Waals surface area contributed by atoms with E-state index in [1.54, 1.807) is 18.2 Å². The van der Waals surface area contributed by atoms with Crippen molar-refractivity contribution in [2.75, 3.05) is 13.7 Å². The number of methoxy groups -OCH3 is 1. The highest BCUT2D eigenvalue weighted by Gasteiger charge is 2.24. The summed E-state index contributed by atoms with van der Waals surface area (Å²) >= 11 is 6.27.